The molecule has 2 aromatic carbocycles. The second kappa shape index (κ2) is 6.48. The highest BCUT2D eigenvalue weighted by Gasteiger charge is 2.11. The number of benzene rings is 2. The molecule has 0 bridgehead atoms. The maximum atomic E-state index is 13.0. The van der Waals surface area contributed by atoms with Gasteiger partial charge in [-0.15, -0.1) is 0 Å². The van der Waals surface area contributed by atoms with Crippen molar-refractivity contribution in [2.45, 2.75) is 32.9 Å². The lowest BCUT2D eigenvalue weighted by Gasteiger charge is -2.19. The van der Waals surface area contributed by atoms with Gasteiger partial charge in [0, 0.05) is 6.04 Å². The maximum absolute atomic E-state index is 13.0. The summed E-state index contributed by atoms with van der Waals surface area (Å²) in [6, 6.07) is 12.1. The fourth-order valence-electron chi connectivity index (χ4n) is 2.09. The van der Waals surface area contributed by atoms with Gasteiger partial charge in [-0.05, 0) is 50.6 Å². The van der Waals surface area contributed by atoms with Gasteiger partial charge in [0.1, 0.15) is 11.6 Å². The molecule has 2 aromatic rings. The Hall–Kier alpha value is -2.23. The van der Waals surface area contributed by atoms with Gasteiger partial charge in [-0.3, -0.25) is 0 Å². The van der Waals surface area contributed by atoms with Gasteiger partial charge in [0.25, 0.3) is 0 Å². The Bertz CT molecular complexity index is 596. The first kappa shape index (κ1) is 15.2. The van der Waals surface area contributed by atoms with Crippen molar-refractivity contribution in [3.63, 3.8) is 0 Å². The number of para-hydroxylation sites is 1. The van der Waals surface area contributed by atoms with Crippen LogP contribution in [-0.2, 0) is 0 Å². The molecule has 0 aliphatic carbocycles. The molecule has 0 saturated heterocycles. The van der Waals surface area contributed by atoms with Crippen LogP contribution in [0, 0.1) is 5.82 Å². The predicted molar refractivity (Wildman–Crippen MR) is 85.1 cm³/mol. The second-order valence-electron chi connectivity index (χ2n) is 5.30. The van der Waals surface area contributed by atoms with E-state index in [9.17, 15) is 4.39 Å². The summed E-state index contributed by atoms with van der Waals surface area (Å²) in [6.07, 6.45) is 0.0667. The average Bonchev–Trinajstić information content (AvgIpc) is 2.43. The minimum Gasteiger partial charge on any atom is -0.489 e. The molecule has 0 spiro atoms. The predicted octanol–water partition coefficient (Wildman–Crippen LogP) is 4.37. The zero-order valence-corrected chi connectivity index (χ0v) is 12.6. The largest absolute Gasteiger partial charge is 0.489 e. The van der Waals surface area contributed by atoms with Gasteiger partial charge in [0.05, 0.1) is 17.5 Å². The highest BCUT2D eigenvalue weighted by atomic mass is 19.1. The van der Waals surface area contributed by atoms with Crippen molar-refractivity contribution >= 4 is 11.4 Å². The third-order valence-electron chi connectivity index (χ3n) is 3.17. The molecule has 112 valence electrons. The van der Waals surface area contributed by atoms with E-state index in [1.165, 1.54) is 12.1 Å². The van der Waals surface area contributed by atoms with E-state index in [2.05, 4.69) is 5.32 Å². The number of rotatable bonds is 5. The second-order valence-corrected chi connectivity index (χ2v) is 5.30. The van der Waals surface area contributed by atoms with Gasteiger partial charge in [0.15, 0.2) is 0 Å². The minimum atomic E-state index is -0.238. The summed E-state index contributed by atoms with van der Waals surface area (Å²) in [5, 5.41) is 3.33. The van der Waals surface area contributed by atoms with Crippen molar-refractivity contribution in [3.8, 4) is 5.75 Å². The molecule has 0 radical (unpaired) electrons. The van der Waals surface area contributed by atoms with Crippen LogP contribution in [0.3, 0.4) is 0 Å². The van der Waals surface area contributed by atoms with Crippen molar-refractivity contribution in [1.82, 2.24) is 0 Å². The SMILES string of the molecule is CC(C)Oc1cccc(NC(C)c2ccc(F)cc2)c1N. The summed E-state index contributed by atoms with van der Waals surface area (Å²) in [7, 11) is 0. The molecule has 3 N–H and O–H groups in total. The van der Waals surface area contributed by atoms with Crippen molar-refractivity contribution in [2.75, 3.05) is 11.1 Å². The smallest absolute Gasteiger partial charge is 0.144 e. The Morgan fingerprint density at radius 1 is 1.05 bits per heavy atom. The van der Waals surface area contributed by atoms with E-state index < -0.39 is 0 Å². The van der Waals surface area contributed by atoms with Crippen LogP contribution in [0.15, 0.2) is 42.5 Å². The molecular weight excluding hydrogens is 267 g/mol. The van der Waals surface area contributed by atoms with Gasteiger partial charge in [0.2, 0.25) is 0 Å². The lowest BCUT2D eigenvalue weighted by molar-refractivity contribution is 0.244. The third-order valence-corrected chi connectivity index (χ3v) is 3.17. The maximum Gasteiger partial charge on any atom is 0.144 e. The van der Waals surface area contributed by atoms with Crippen molar-refractivity contribution < 1.29 is 9.13 Å². The fraction of sp³-hybridized carbons (Fsp3) is 0.294. The van der Waals surface area contributed by atoms with Crippen LogP contribution in [-0.4, -0.2) is 6.10 Å². The molecule has 21 heavy (non-hydrogen) atoms. The van der Waals surface area contributed by atoms with E-state index in [0.717, 1.165) is 11.3 Å². The molecule has 0 aliphatic rings. The Balaban J connectivity index is 2.17. The van der Waals surface area contributed by atoms with E-state index >= 15 is 0 Å². The molecule has 1 unspecified atom stereocenters. The molecule has 0 fully saturated rings. The monoisotopic (exact) mass is 288 g/mol. The molecule has 0 amide bonds. The first-order valence-electron chi connectivity index (χ1n) is 7.04. The van der Waals surface area contributed by atoms with Gasteiger partial charge in [-0.2, -0.15) is 0 Å². The van der Waals surface area contributed by atoms with Gasteiger partial charge < -0.3 is 15.8 Å². The molecule has 3 nitrogen and oxygen atoms in total. The van der Waals surface area contributed by atoms with Gasteiger partial charge in [-0.25, -0.2) is 4.39 Å². The van der Waals surface area contributed by atoms with Crippen LogP contribution in [0.25, 0.3) is 0 Å². The van der Waals surface area contributed by atoms with Gasteiger partial charge >= 0.3 is 0 Å². The summed E-state index contributed by atoms with van der Waals surface area (Å²) < 4.78 is 18.6. The summed E-state index contributed by atoms with van der Waals surface area (Å²) in [5.74, 6) is 0.430. The number of anilines is 2. The topological polar surface area (TPSA) is 47.3 Å². The van der Waals surface area contributed by atoms with E-state index in [4.69, 9.17) is 10.5 Å². The zero-order chi connectivity index (χ0) is 15.4. The lowest BCUT2D eigenvalue weighted by Crippen LogP contribution is -2.11. The number of nitrogen functional groups attached to an aromatic ring is 1. The number of hydrogen-bond donors (Lipinski definition) is 2. The minimum absolute atomic E-state index is 0.0159. The summed E-state index contributed by atoms with van der Waals surface area (Å²) in [6.45, 7) is 5.92. The molecular formula is C17H21FN2O. The Kier molecular flexibility index (Phi) is 4.68. The van der Waals surface area contributed by atoms with Crippen LogP contribution in [0.4, 0.5) is 15.8 Å². The third kappa shape index (κ3) is 3.88. The van der Waals surface area contributed by atoms with Crippen molar-refractivity contribution in [2.24, 2.45) is 0 Å². The van der Waals surface area contributed by atoms with Crippen LogP contribution < -0.4 is 15.8 Å². The summed E-state index contributed by atoms with van der Waals surface area (Å²) >= 11 is 0. The van der Waals surface area contributed by atoms with E-state index in [1.807, 2.05) is 39.0 Å². The number of ether oxygens (including phenoxy) is 1. The zero-order valence-electron chi connectivity index (χ0n) is 12.6. The van der Waals surface area contributed by atoms with Crippen LogP contribution in [0.2, 0.25) is 0 Å². The van der Waals surface area contributed by atoms with Crippen molar-refractivity contribution in [1.29, 1.82) is 0 Å². The van der Waals surface area contributed by atoms with Crippen LogP contribution in [0.5, 0.6) is 5.75 Å². The molecule has 2 rings (SSSR count). The standard InChI is InChI=1S/C17H21FN2O/c1-11(2)21-16-6-4-5-15(17(16)19)20-12(3)13-7-9-14(18)10-8-13/h4-12,20H,19H2,1-3H3. The molecule has 0 aliphatic heterocycles. The Morgan fingerprint density at radius 3 is 2.33 bits per heavy atom. The Morgan fingerprint density at radius 2 is 1.71 bits per heavy atom. The van der Waals surface area contributed by atoms with Crippen molar-refractivity contribution in [3.05, 3.63) is 53.8 Å². The molecule has 1 atom stereocenters. The molecule has 4 heteroatoms. The highest BCUT2D eigenvalue weighted by Crippen LogP contribution is 2.32. The first-order valence-corrected chi connectivity index (χ1v) is 7.04. The van der Waals surface area contributed by atoms with Crippen LogP contribution in [0.1, 0.15) is 32.4 Å². The van der Waals surface area contributed by atoms with E-state index in [-0.39, 0.29) is 18.0 Å². The molecule has 0 saturated carbocycles. The number of hydrogen-bond acceptors (Lipinski definition) is 3. The van der Waals surface area contributed by atoms with Crippen LogP contribution >= 0.6 is 0 Å². The first-order chi connectivity index (χ1) is 9.97. The number of nitrogens with one attached hydrogen (secondary N) is 1. The summed E-state index contributed by atoms with van der Waals surface area (Å²) in [4.78, 5) is 0. The molecule has 0 heterocycles. The number of nitrogens with two attached hydrogens (primary N) is 1. The van der Waals surface area contributed by atoms with E-state index in [1.54, 1.807) is 12.1 Å². The van der Waals surface area contributed by atoms with E-state index in [0.29, 0.717) is 11.4 Å². The highest BCUT2D eigenvalue weighted by molar-refractivity contribution is 5.73. The average molecular weight is 288 g/mol. The fourth-order valence-corrected chi connectivity index (χ4v) is 2.09. The quantitative estimate of drug-likeness (QED) is 0.803. The molecule has 0 aromatic heterocycles. The summed E-state index contributed by atoms with van der Waals surface area (Å²) in [5.41, 5.74) is 8.52. The Labute approximate surface area is 124 Å². The number of halogens is 1. The normalized spacial score (nSPS) is 12.2. The van der Waals surface area contributed by atoms with Gasteiger partial charge in [-0.1, -0.05) is 18.2 Å². The lowest BCUT2D eigenvalue weighted by atomic mass is 10.1.